The van der Waals surface area contributed by atoms with E-state index in [1.807, 2.05) is 4.90 Å². The fourth-order valence-electron chi connectivity index (χ4n) is 2.29. The van der Waals surface area contributed by atoms with Crippen LogP contribution in [0.5, 0.6) is 0 Å². The van der Waals surface area contributed by atoms with Crippen LogP contribution in [0.15, 0.2) is 22.7 Å². The van der Waals surface area contributed by atoms with E-state index in [4.69, 9.17) is 10.8 Å². The summed E-state index contributed by atoms with van der Waals surface area (Å²) in [6.07, 6.45) is 3.90. The maximum atomic E-state index is 12.6. The van der Waals surface area contributed by atoms with Gasteiger partial charge in [0.2, 0.25) is 0 Å². The van der Waals surface area contributed by atoms with Gasteiger partial charge in [-0.3, -0.25) is 4.79 Å². The highest BCUT2D eigenvalue weighted by atomic mass is 79.9. The molecule has 19 heavy (non-hydrogen) atoms. The first-order valence-electron chi connectivity index (χ1n) is 6.59. The molecule has 1 fully saturated rings. The molecule has 1 aliphatic rings. The van der Waals surface area contributed by atoms with Crippen molar-refractivity contribution < 1.29 is 9.90 Å². The molecule has 5 heteroatoms. The number of carbonyl (C=O) groups excluding carboxylic acids is 1. The van der Waals surface area contributed by atoms with Crippen LogP contribution in [0.2, 0.25) is 0 Å². The zero-order chi connectivity index (χ0) is 13.8. The monoisotopic (exact) mass is 326 g/mol. The molecule has 0 heterocycles. The summed E-state index contributed by atoms with van der Waals surface area (Å²) in [6, 6.07) is 5.60. The molecule has 1 aliphatic carbocycles. The molecular weight excluding hydrogens is 308 g/mol. The van der Waals surface area contributed by atoms with Gasteiger partial charge in [-0.1, -0.05) is 15.9 Å². The van der Waals surface area contributed by atoms with Crippen molar-refractivity contribution in [1.82, 2.24) is 4.90 Å². The van der Waals surface area contributed by atoms with Gasteiger partial charge in [0, 0.05) is 34.9 Å². The highest BCUT2D eigenvalue weighted by Crippen LogP contribution is 2.27. The van der Waals surface area contributed by atoms with Gasteiger partial charge >= 0.3 is 0 Å². The molecule has 0 spiro atoms. The van der Waals surface area contributed by atoms with Crippen molar-refractivity contribution in [3.05, 3.63) is 28.2 Å². The number of amides is 1. The van der Waals surface area contributed by atoms with Crippen LogP contribution in [-0.4, -0.2) is 35.1 Å². The summed E-state index contributed by atoms with van der Waals surface area (Å²) >= 11 is 3.36. The van der Waals surface area contributed by atoms with E-state index in [0.29, 0.717) is 30.3 Å². The number of carbonyl (C=O) groups is 1. The molecule has 0 aromatic heterocycles. The lowest BCUT2D eigenvalue weighted by molar-refractivity contribution is 0.0562. The number of benzene rings is 1. The summed E-state index contributed by atoms with van der Waals surface area (Å²) in [4.78, 5) is 14.4. The van der Waals surface area contributed by atoms with Crippen molar-refractivity contribution in [3.63, 3.8) is 0 Å². The lowest BCUT2D eigenvalue weighted by Crippen LogP contribution is -2.45. The van der Waals surface area contributed by atoms with Gasteiger partial charge < -0.3 is 15.7 Å². The van der Waals surface area contributed by atoms with Gasteiger partial charge in [-0.15, -0.1) is 0 Å². The largest absolute Gasteiger partial charge is 0.399 e. The third kappa shape index (κ3) is 3.48. The summed E-state index contributed by atoms with van der Waals surface area (Å²) in [7, 11) is 0. The van der Waals surface area contributed by atoms with Crippen LogP contribution in [0.1, 0.15) is 36.0 Å². The Morgan fingerprint density at radius 1 is 1.42 bits per heavy atom. The average molecular weight is 327 g/mol. The van der Waals surface area contributed by atoms with Crippen LogP contribution in [0.25, 0.3) is 0 Å². The second kappa shape index (κ2) is 6.39. The maximum Gasteiger partial charge on any atom is 0.254 e. The first kappa shape index (κ1) is 14.3. The topological polar surface area (TPSA) is 66.6 Å². The Hall–Kier alpha value is -1.07. The van der Waals surface area contributed by atoms with E-state index in [1.165, 1.54) is 6.42 Å². The predicted molar refractivity (Wildman–Crippen MR) is 78.9 cm³/mol. The molecule has 0 aliphatic heterocycles. The molecule has 2 rings (SSSR count). The number of aliphatic hydroxyl groups excluding tert-OH is 1. The Labute approximate surface area is 121 Å². The second-order valence-corrected chi connectivity index (χ2v) is 5.85. The summed E-state index contributed by atoms with van der Waals surface area (Å²) < 4.78 is 0.812. The first-order chi connectivity index (χ1) is 9.11. The molecule has 1 saturated carbocycles. The summed E-state index contributed by atoms with van der Waals surface area (Å²) in [5.41, 5.74) is 6.96. The number of nitrogens with zero attached hydrogens (tertiary/aromatic N) is 1. The summed E-state index contributed by atoms with van der Waals surface area (Å²) in [5, 5.41) is 8.96. The van der Waals surface area contributed by atoms with Crippen LogP contribution in [0, 0.1) is 0 Å². The molecule has 0 radical (unpaired) electrons. The smallest absolute Gasteiger partial charge is 0.254 e. The van der Waals surface area contributed by atoms with Crippen LogP contribution in [-0.2, 0) is 0 Å². The lowest BCUT2D eigenvalue weighted by atomic mass is 9.90. The standard InChI is InChI=1S/C14H19BrN2O2/c15-11-7-10(8-12(16)9-11)14(19)17(5-2-6-18)13-3-1-4-13/h7-9,13,18H,1-6,16H2. The number of hydrogen-bond donors (Lipinski definition) is 2. The van der Waals surface area contributed by atoms with Gasteiger partial charge in [-0.2, -0.15) is 0 Å². The van der Waals surface area contributed by atoms with Crippen molar-refractivity contribution in [2.75, 3.05) is 18.9 Å². The molecule has 1 amide bonds. The molecule has 1 aromatic carbocycles. The Bertz CT molecular complexity index is 441. The zero-order valence-electron chi connectivity index (χ0n) is 10.8. The third-order valence-corrected chi connectivity index (χ3v) is 3.96. The van der Waals surface area contributed by atoms with Gasteiger partial charge in [-0.25, -0.2) is 0 Å². The van der Waals surface area contributed by atoms with Crippen LogP contribution in [0.4, 0.5) is 5.69 Å². The molecule has 1 aromatic rings. The van der Waals surface area contributed by atoms with Crippen LogP contribution < -0.4 is 5.73 Å². The predicted octanol–water partition coefficient (Wildman–Crippen LogP) is 2.41. The molecule has 3 N–H and O–H groups in total. The SMILES string of the molecule is Nc1cc(Br)cc(C(=O)N(CCCO)C2CCC2)c1. The van der Waals surface area contributed by atoms with Gasteiger partial charge in [0.05, 0.1) is 0 Å². The summed E-state index contributed by atoms with van der Waals surface area (Å²) in [5.74, 6) is 0.00569. The quantitative estimate of drug-likeness (QED) is 0.816. The molecule has 0 bridgehead atoms. The van der Waals surface area contributed by atoms with Crippen molar-refractivity contribution >= 4 is 27.5 Å². The number of nitrogens with two attached hydrogens (primary N) is 1. The number of rotatable bonds is 5. The molecule has 4 nitrogen and oxygen atoms in total. The minimum Gasteiger partial charge on any atom is -0.399 e. The highest BCUT2D eigenvalue weighted by Gasteiger charge is 2.29. The van der Waals surface area contributed by atoms with E-state index in [0.717, 1.165) is 17.3 Å². The Morgan fingerprint density at radius 2 is 2.16 bits per heavy atom. The molecule has 0 saturated heterocycles. The van der Waals surface area contributed by atoms with E-state index in [9.17, 15) is 4.79 Å². The first-order valence-corrected chi connectivity index (χ1v) is 7.39. The molecular formula is C14H19BrN2O2. The third-order valence-electron chi connectivity index (χ3n) is 3.50. The maximum absolute atomic E-state index is 12.6. The minimum absolute atomic E-state index is 0.00569. The van der Waals surface area contributed by atoms with Crippen molar-refractivity contribution in [2.24, 2.45) is 0 Å². The van der Waals surface area contributed by atoms with Gasteiger partial charge in [0.15, 0.2) is 0 Å². The van der Waals surface area contributed by atoms with E-state index < -0.39 is 0 Å². The van der Waals surface area contributed by atoms with E-state index >= 15 is 0 Å². The van der Waals surface area contributed by atoms with Crippen molar-refractivity contribution in [2.45, 2.75) is 31.7 Å². The zero-order valence-corrected chi connectivity index (χ0v) is 12.4. The van der Waals surface area contributed by atoms with Crippen molar-refractivity contribution in [3.8, 4) is 0 Å². The van der Waals surface area contributed by atoms with Crippen LogP contribution >= 0.6 is 15.9 Å². The van der Waals surface area contributed by atoms with Gasteiger partial charge in [0.1, 0.15) is 0 Å². The number of nitrogen functional groups attached to an aromatic ring is 1. The number of anilines is 1. The van der Waals surface area contributed by atoms with Gasteiger partial charge in [0.25, 0.3) is 5.91 Å². The molecule has 0 atom stereocenters. The van der Waals surface area contributed by atoms with Gasteiger partial charge in [-0.05, 0) is 43.9 Å². The van der Waals surface area contributed by atoms with Crippen molar-refractivity contribution in [1.29, 1.82) is 0 Å². The van der Waals surface area contributed by atoms with E-state index in [2.05, 4.69) is 15.9 Å². The van der Waals surface area contributed by atoms with E-state index in [-0.39, 0.29) is 12.5 Å². The molecule has 0 unspecified atom stereocenters. The number of halogens is 1. The number of hydrogen-bond acceptors (Lipinski definition) is 3. The second-order valence-electron chi connectivity index (χ2n) is 4.93. The van der Waals surface area contributed by atoms with Crippen LogP contribution in [0.3, 0.4) is 0 Å². The highest BCUT2D eigenvalue weighted by molar-refractivity contribution is 9.10. The fraction of sp³-hybridized carbons (Fsp3) is 0.500. The number of aliphatic hydroxyl groups is 1. The minimum atomic E-state index is 0.00569. The summed E-state index contributed by atoms with van der Waals surface area (Å²) in [6.45, 7) is 0.712. The fourth-order valence-corrected chi connectivity index (χ4v) is 2.80. The molecule has 104 valence electrons. The lowest BCUT2D eigenvalue weighted by Gasteiger charge is -2.37. The van der Waals surface area contributed by atoms with E-state index in [1.54, 1.807) is 18.2 Å². The Morgan fingerprint density at radius 3 is 2.68 bits per heavy atom. The normalized spacial score (nSPS) is 15.1. The Balaban J connectivity index is 2.17. The Kier molecular flexibility index (Phi) is 4.82. The average Bonchev–Trinajstić information content (AvgIpc) is 2.29.